The molecule has 0 aliphatic heterocycles. The summed E-state index contributed by atoms with van der Waals surface area (Å²) >= 11 is 0. The van der Waals surface area contributed by atoms with Gasteiger partial charge >= 0.3 is 5.97 Å². The Hall–Kier alpha value is -0.570. The van der Waals surface area contributed by atoms with Gasteiger partial charge in [-0.3, -0.25) is 9.69 Å². The van der Waals surface area contributed by atoms with Gasteiger partial charge in [-0.15, -0.1) is 0 Å². The number of likely N-dealkylation sites (N-methyl/N-ethyl adjacent to an activating group) is 1. The highest BCUT2D eigenvalue weighted by molar-refractivity contribution is 5.75. The van der Waals surface area contributed by atoms with E-state index in [1.807, 2.05) is 25.9 Å². The van der Waals surface area contributed by atoms with Crippen LogP contribution in [-0.2, 0) is 9.53 Å². The van der Waals surface area contributed by atoms with E-state index in [2.05, 4.69) is 6.92 Å². The highest BCUT2D eigenvalue weighted by Gasteiger charge is 2.15. The Balaban J connectivity index is 3.25. The van der Waals surface area contributed by atoms with E-state index in [0.29, 0.717) is 6.61 Å². The fourth-order valence-corrected chi connectivity index (χ4v) is 1.92. The SMILES string of the molecule is CCCCCCCCCCCOC(=O)C(C)N(C)C. The van der Waals surface area contributed by atoms with Gasteiger partial charge in [-0.1, -0.05) is 58.3 Å². The fraction of sp³-hybridized carbons (Fsp3) is 0.938. The maximum absolute atomic E-state index is 11.6. The second-order valence-corrected chi connectivity index (χ2v) is 5.64. The van der Waals surface area contributed by atoms with Crippen LogP contribution in [0.15, 0.2) is 0 Å². The number of unbranched alkanes of at least 4 members (excludes halogenated alkanes) is 8. The second kappa shape index (κ2) is 12.5. The molecule has 0 saturated heterocycles. The Morgan fingerprint density at radius 3 is 1.89 bits per heavy atom. The molecule has 1 unspecified atom stereocenters. The Bertz CT molecular complexity index is 217. The van der Waals surface area contributed by atoms with Gasteiger partial charge in [0.25, 0.3) is 0 Å². The topological polar surface area (TPSA) is 29.5 Å². The Labute approximate surface area is 119 Å². The van der Waals surface area contributed by atoms with Crippen LogP contribution < -0.4 is 0 Å². The molecule has 0 aromatic carbocycles. The number of hydrogen-bond acceptors (Lipinski definition) is 3. The largest absolute Gasteiger partial charge is 0.465 e. The highest BCUT2D eigenvalue weighted by atomic mass is 16.5. The lowest BCUT2D eigenvalue weighted by atomic mass is 10.1. The number of hydrogen-bond donors (Lipinski definition) is 0. The minimum atomic E-state index is -0.140. The lowest BCUT2D eigenvalue weighted by molar-refractivity contribution is -0.148. The van der Waals surface area contributed by atoms with E-state index < -0.39 is 0 Å². The molecule has 0 spiro atoms. The third-order valence-electron chi connectivity index (χ3n) is 3.61. The van der Waals surface area contributed by atoms with Gasteiger partial charge in [0.1, 0.15) is 6.04 Å². The normalized spacial score (nSPS) is 12.7. The molecule has 0 fully saturated rings. The summed E-state index contributed by atoms with van der Waals surface area (Å²) in [6, 6.07) is -0.140. The van der Waals surface area contributed by atoms with Crippen molar-refractivity contribution in [2.45, 2.75) is 77.7 Å². The summed E-state index contributed by atoms with van der Waals surface area (Å²) in [6.45, 7) is 4.70. The van der Waals surface area contributed by atoms with Gasteiger partial charge in [0.05, 0.1) is 6.61 Å². The maximum Gasteiger partial charge on any atom is 0.323 e. The van der Waals surface area contributed by atoms with Gasteiger partial charge in [-0.05, 0) is 27.4 Å². The van der Waals surface area contributed by atoms with Gasteiger partial charge in [0.2, 0.25) is 0 Å². The lowest BCUT2D eigenvalue weighted by Crippen LogP contribution is -2.34. The van der Waals surface area contributed by atoms with Crippen molar-refractivity contribution in [2.24, 2.45) is 0 Å². The van der Waals surface area contributed by atoms with Gasteiger partial charge in [-0.25, -0.2) is 0 Å². The molecule has 114 valence electrons. The molecule has 0 rings (SSSR count). The molecule has 3 heteroatoms. The molecule has 0 bridgehead atoms. The molecule has 0 heterocycles. The number of nitrogens with zero attached hydrogens (tertiary/aromatic N) is 1. The molecule has 0 N–H and O–H groups in total. The van der Waals surface area contributed by atoms with Crippen molar-refractivity contribution in [3.8, 4) is 0 Å². The first-order valence-corrected chi connectivity index (χ1v) is 7.92. The van der Waals surface area contributed by atoms with E-state index in [4.69, 9.17) is 4.74 Å². The maximum atomic E-state index is 11.6. The van der Waals surface area contributed by atoms with Crippen LogP contribution in [0.4, 0.5) is 0 Å². The Morgan fingerprint density at radius 1 is 0.947 bits per heavy atom. The predicted molar refractivity (Wildman–Crippen MR) is 81.3 cm³/mol. The van der Waals surface area contributed by atoms with Gasteiger partial charge < -0.3 is 4.74 Å². The number of carbonyl (C=O) groups excluding carboxylic acids is 1. The van der Waals surface area contributed by atoms with Crippen molar-refractivity contribution < 1.29 is 9.53 Å². The van der Waals surface area contributed by atoms with E-state index in [1.54, 1.807) is 0 Å². The van der Waals surface area contributed by atoms with E-state index in [-0.39, 0.29) is 12.0 Å². The van der Waals surface area contributed by atoms with Crippen LogP contribution in [-0.4, -0.2) is 37.6 Å². The van der Waals surface area contributed by atoms with Crippen LogP contribution in [0.25, 0.3) is 0 Å². The monoisotopic (exact) mass is 271 g/mol. The summed E-state index contributed by atoms with van der Waals surface area (Å²) in [7, 11) is 3.79. The molecule has 0 aliphatic rings. The van der Waals surface area contributed by atoms with E-state index in [0.717, 1.165) is 6.42 Å². The minimum Gasteiger partial charge on any atom is -0.465 e. The quantitative estimate of drug-likeness (QED) is 0.397. The van der Waals surface area contributed by atoms with Crippen molar-refractivity contribution in [2.75, 3.05) is 20.7 Å². The summed E-state index contributed by atoms with van der Waals surface area (Å²) < 4.78 is 5.24. The standard InChI is InChI=1S/C16H33NO2/c1-5-6-7-8-9-10-11-12-13-14-19-16(18)15(2)17(3)4/h15H,5-14H2,1-4H3. The summed E-state index contributed by atoms with van der Waals surface area (Å²) in [6.07, 6.45) is 11.6. The van der Waals surface area contributed by atoms with Gasteiger partial charge in [0, 0.05) is 0 Å². The first kappa shape index (κ1) is 18.4. The number of ether oxygens (including phenoxy) is 1. The summed E-state index contributed by atoms with van der Waals surface area (Å²) in [5, 5.41) is 0. The van der Waals surface area contributed by atoms with Gasteiger partial charge in [0.15, 0.2) is 0 Å². The van der Waals surface area contributed by atoms with Crippen molar-refractivity contribution in [3.63, 3.8) is 0 Å². The van der Waals surface area contributed by atoms with Crippen molar-refractivity contribution >= 4 is 5.97 Å². The molecular weight excluding hydrogens is 238 g/mol. The van der Waals surface area contributed by atoms with E-state index >= 15 is 0 Å². The molecule has 3 nitrogen and oxygen atoms in total. The van der Waals surface area contributed by atoms with Crippen molar-refractivity contribution in [3.05, 3.63) is 0 Å². The lowest BCUT2D eigenvalue weighted by Gasteiger charge is -2.17. The van der Waals surface area contributed by atoms with Crippen molar-refractivity contribution in [1.29, 1.82) is 0 Å². The number of rotatable bonds is 12. The van der Waals surface area contributed by atoms with Crippen molar-refractivity contribution in [1.82, 2.24) is 4.90 Å². The third-order valence-corrected chi connectivity index (χ3v) is 3.61. The minimum absolute atomic E-state index is 0.107. The molecule has 0 radical (unpaired) electrons. The number of carbonyl (C=O) groups is 1. The summed E-state index contributed by atoms with van der Waals surface area (Å²) in [5.41, 5.74) is 0. The second-order valence-electron chi connectivity index (χ2n) is 5.64. The average molecular weight is 271 g/mol. The van der Waals surface area contributed by atoms with Crippen LogP contribution in [0.3, 0.4) is 0 Å². The molecule has 0 aromatic heterocycles. The van der Waals surface area contributed by atoms with Crippen LogP contribution in [0.1, 0.15) is 71.6 Å². The molecule has 0 saturated carbocycles. The van der Waals surface area contributed by atoms with Gasteiger partial charge in [-0.2, -0.15) is 0 Å². The molecule has 0 aliphatic carbocycles. The smallest absolute Gasteiger partial charge is 0.323 e. The molecule has 0 amide bonds. The van der Waals surface area contributed by atoms with Crippen LogP contribution in [0.2, 0.25) is 0 Å². The first-order chi connectivity index (χ1) is 9.09. The van der Waals surface area contributed by atoms with Crippen LogP contribution in [0.5, 0.6) is 0 Å². The third kappa shape index (κ3) is 11.0. The molecular formula is C16H33NO2. The summed E-state index contributed by atoms with van der Waals surface area (Å²) in [5.74, 6) is -0.107. The zero-order chi connectivity index (χ0) is 14.5. The van der Waals surface area contributed by atoms with Crippen LogP contribution >= 0.6 is 0 Å². The van der Waals surface area contributed by atoms with E-state index in [1.165, 1.54) is 51.4 Å². The van der Waals surface area contributed by atoms with E-state index in [9.17, 15) is 4.79 Å². The Kier molecular flexibility index (Phi) is 12.1. The Morgan fingerprint density at radius 2 is 1.42 bits per heavy atom. The first-order valence-electron chi connectivity index (χ1n) is 7.92. The summed E-state index contributed by atoms with van der Waals surface area (Å²) in [4.78, 5) is 13.4. The highest BCUT2D eigenvalue weighted by Crippen LogP contribution is 2.09. The average Bonchev–Trinajstić information content (AvgIpc) is 2.39. The van der Waals surface area contributed by atoms with Crippen LogP contribution in [0, 0.1) is 0 Å². The number of esters is 1. The fourth-order valence-electron chi connectivity index (χ4n) is 1.92. The predicted octanol–water partition coefficient (Wildman–Crippen LogP) is 4.01. The molecule has 19 heavy (non-hydrogen) atoms. The zero-order valence-corrected chi connectivity index (χ0v) is 13.4. The zero-order valence-electron chi connectivity index (χ0n) is 13.4. The molecule has 0 aromatic rings. The molecule has 1 atom stereocenters.